The molecule has 1 heterocycles. The van der Waals surface area contributed by atoms with Crippen LogP contribution >= 0.6 is 15.9 Å². The summed E-state index contributed by atoms with van der Waals surface area (Å²) in [6.45, 7) is 0.477. The number of fused-ring (bicyclic) bond motifs is 1. The van der Waals surface area contributed by atoms with Gasteiger partial charge in [-0.2, -0.15) is 0 Å². The zero-order valence-electron chi connectivity index (χ0n) is 6.39. The van der Waals surface area contributed by atoms with Crippen LogP contribution in [0, 0.1) is 0 Å². The van der Waals surface area contributed by atoms with Gasteiger partial charge in [-0.25, -0.2) is 4.39 Å². The van der Waals surface area contributed by atoms with Crippen molar-refractivity contribution in [3.8, 4) is 5.75 Å². The minimum absolute atomic E-state index is 0.467. The second kappa shape index (κ2) is 3.05. The molecule has 0 N–H and O–H groups in total. The maximum absolute atomic E-state index is 13.2. The molecular formula is C9H8BrFO. The molecule has 0 saturated carbocycles. The van der Waals surface area contributed by atoms with Crippen LogP contribution in [0.1, 0.15) is 18.2 Å². The number of alkyl halides is 1. The van der Waals surface area contributed by atoms with E-state index < -0.39 is 6.17 Å². The summed E-state index contributed by atoms with van der Waals surface area (Å²) in [7, 11) is 0. The standard InChI is InChI=1S/C9H8BrFO/c10-6-1-2-7-8(11)3-4-12-9(7)5-6/h1-2,5,8H,3-4H2. The van der Waals surface area contributed by atoms with Gasteiger partial charge in [0, 0.05) is 16.5 Å². The smallest absolute Gasteiger partial charge is 0.132 e. The molecule has 0 radical (unpaired) electrons. The summed E-state index contributed by atoms with van der Waals surface area (Å²) in [4.78, 5) is 0. The molecule has 1 aromatic carbocycles. The van der Waals surface area contributed by atoms with Crippen molar-refractivity contribution < 1.29 is 9.13 Å². The van der Waals surface area contributed by atoms with Gasteiger partial charge in [0.1, 0.15) is 11.9 Å². The number of hydrogen-bond acceptors (Lipinski definition) is 1. The van der Waals surface area contributed by atoms with Crippen LogP contribution in [0.5, 0.6) is 5.75 Å². The first kappa shape index (κ1) is 8.05. The van der Waals surface area contributed by atoms with Gasteiger partial charge in [-0.15, -0.1) is 0 Å². The number of benzene rings is 1. The van der Waals surface area contributed by atoms with Crippen LogP contribution in [0.4, 0.5) is 4.39 Å². The van der Waals surface area contributed by atoms with Crippen molar-refractivity contribution in [2.24, 2.45) is 0 Å². The van der Waals surface area contributed by atoms with E-state index in [9.17, 15) is 4.39 Å². The maximum Gasteiger partial charge on any atom is 0.132 e. The molecule has 1 aromatic rings. The molecule has 2 rings (SSSR count). The van der Waals surface area contributed by atoms with Gasteiger partial charge in [0.15, 0.2) is 0 Å². The topological polar surface area (TPSA) is 9.23 Å². The molecule has 1 atom stereocenters. The first-order valence-corrected chi connectivity index (χ1v) is 4.63. The summed E-state index contributed by atoms with van der Waals surface area (Å²) in [5.74, 6) is 0.670. The predicted molar refractivity (Wildman–Crippen MR) is 48.1 cm³/mol. The Morgan fingerprint density at radius 2 is 2.33 bits per heavy atom. The summed E-state index contributed by atoms with van der Waals surface area (Å²) in [6, 6.07) is 5.41. The third kappa shape index (κ3) is 1.33. The van der Waals surface area contributed by atoms with Crippen molar-refractivity contribution in [3.63, 3.8) is 0 Å². The van der Waals surface area contributed by atoms with E-state index in [2.05, 4.69) is 15.9 Å². The fourth-order valence-corrected chi connectivity index (χ4v) is 1.66. The predicted octanol–water partition coefficient (Wildman–Crippen LogP) is 3.24. The van der Waals surface area contributed by atoms with Gasteiger partial charge in [0.05, 0.1) is 6.61 Å². The van der Waals surface area contributed by atoms with E-state index >= 15 is 0 Å². The van der Waals surface area contributed by atoms with Gasteiger partial charge >= 0.3 is 0 Å². The summed E-state index contributed by atoms with van der Waals surface area (Å²) in [6.07, 6.45) is -0.393. The van der Waals surface area contributed by atoms with Crippen LogP contribution in [-0.2, 0) is 0 Å². The fourth-order valence-electron chi connectivity index (χ4n) is 1.32. The lowest BCUT2D eigenvalue weighted by Crippen LogP contribution is -2.10. The number of ether oxygens (including phenoxy) is 1. The van der Waals surface area contributed by atoms with Crippen molar-refractivity contribution in [1.82, 2.24) is 0 Å². The van der Waals surface area contributed by atoms with Crippen molar-refractivity contribution in [3.05, 3.63) is 28.2 Å². The molecule has 0 aromatic heterocycles. The van der Waals surface area contributed by atoms with Gasteiger partial charge in [0.25, 0.3) is 0 Å². The second-order valence-corrected chi connectivity index (χ2v) is 3.70. The zero-order valence-corrected chi connectivity index (χ0v) is 7.97. The van der Waals surface area contributed by atoms with E-state index in [4.69, 9.17) is 4.74 Å². The van der Waals surface area contributed by atoms with Crippen LogP contribution in [-0.4, -0.2) is 6.61 Å². The van der Waals surface area contributed by atoms with Gasteiger partial charge in [-0.05, 0) is 12.1 Å². The van der Waals surface area contributed by atoms with Crippen LogP contribution in [0.25, 0.3) is 0 Å². The highest BCUT2D eigenvalue weighted by molar-refractivity contribution is 9.10. The van der Waals surface area contributed by atoms with Crippen LogP contribution in [0.2, 0.25) is 0 Å². The number of hydrogen-bond donors (Lipinski definition) is 0. The average molecular weight is 231 g/mol. The Bertz CT molecular complexity index is 301. The third-order valence-corrected chi connectivity index (χ3v) is 2.44. The Kier molecular flexibility index (Phi) is 2.05. The molecule has 0 aliphatic carbocycles. The summed E-state index contributed by atoms with van der Waals surface area (Å²) >= 11 is 3.31. The quantitative estimate of drug-likeness (QED) is 0.665. The lowest BCUT2D eigenvalue weighted by Gasteiger charge is -2.20. The minimum atomic E-state index is -0.859. The van der Waals surface area contributed by atoms with Crippen molar-refractivity contribution >= 4 is 15.9 Å². The SMILES string of the molecule is FC1CCOc2cc(Br)ccc21. The lowest BCUT2D eigenvalue weighted by molar-refractivity contribution is 0.200. The molecule has 1 nitrogen and oxygen atoms in total. The highest BCUT2D eigenvalue weighted by Crippen LogP contribution is 2.35. The highest BCUT2D eigenvalue weighted by atomic mass is 79.9. The van der Waals surface area contributed by atoms with Crippen molar-refractivity contribution in [2.75, 3.05) is 6.61 Å². The Morgan fingerprint density at radius 3 is 3.17 bits per heavy atom. The first-order valence-electron chi connectivity index (χ1n) is 3.83. The molecule has 0 bridgehead atoms. The third-order valence-electron chi connectivity index (χ3n) is 1.94. The molecule has 1 aliphatic heterocycles. The Labute approximate surface area is 78.7 Å². The van der Waals surface area contributed by atoms with Gasteiger partial charge < -0.3 is 4.74 Å². The molecule has 3 heteroatoms. The largest absolute Gasteiger partial charge is 0.493 e. The van der Waals surface area contributed by atoms with E-state index in [0.717, 1.165) is 4.47 Å². The highest BCUT2D eigenvalue weighted by Gasteiger charge is 2.20. The normalized spacial score (nSPS) is 21.3. The van der Waals surface area contributed by atoms with Crippen LogP contribution in [0.15, 0.2) is 22.7 Å². The summed E-state index contributed by atoms with van der Waals surface area (Å²) in [5.41, 5.74) is 0.671. The maximum atomic E-state index is 13.2. The lowest BCUT2D eigenvalue weighted by atomic mass is 10.1. The number of halogens is 2. The Balaban J connectivity index is 2.46. The van der Waals surface area contributed by atoms with E-state index in [1.807, 2.05) is 6.07 Å². The fraction of sp³-hybridized carbons (Fsp3) is 0.333. The van der Waals surface area contributed by atoms with E-state index in [1.54, 1.807) is 12.1 Å². The number of rotatable bonds is 0. The van der Waals surface area contributed by atoms with Gasteiger partial charge in [-0.1, -0.05) is 22.0 Å². The van der Waals surface area contributed by atoms with Gasteiger partial charge in [-0.3, -0.25) is 0 Å². The summed E-state index contributed by atoms with van der Waals surface area (Å²) in [5, 5.41) is 0. The monoisotopic (exact) mass is 230 g/mol. The van der Waals surface area contributed by atoms with E-state index in [1.165, 1.54) is 0 Å². The van der Waals surface area contributed by atoms with Gasteiger partial charge in [0.2, 0.25) is 0 Å². The second-order valence-electron chi connectivity index (χ2n) is 2.79. The minimum Gasteiger partial charge on any atom is -0.493 e. The molecule has 1 aliphatic rings. The molecular weight excluding hydrogens is 223 g/mol. The Hall–Kier alpha value is -0.570. The summed E-state index contributed by atoms with van der Waals surface area (Å²) < 4.78 is 19.4. The van der Waals surface area contributed by atoms with Crippen molar-refractivity contribution in [1.29, 1.82) is 0 Å². The van der Waals surface area contributed by atoms with E-state index in [0.29, 0.717) is 24.3 Å². The first-order chi connectivity index (χ1) is 5.77. The zero-order chi connectivity index (χ0) is 8.55. The Morgan fingerprint density at radius 1 is 1.50 bits per heavy atom. The average Bonchev–Trinajstić information content (AvgIpc) is 2.04. The molecule has 12 heavy (non-hydrogen) atoms. The molecule has 0 saturated heterocycles. The molecule has 0 spiro atoms. The molecule has 0 fully saturated rings. The molecule has 1 unspecified atom stereocenters. The van der Waals surface area contributed by atoms with Crippen molar-refractivity contribution in [2.45, 2.75) is 12.6 Å². The molecule has 0 amide bonds. The van der Waals surface area contributed by atoms with Crippen LogP contribution in [0.3, 0.4) is 0 Å². The van der Waals surface area contributed by atoms with Crippen LogP contribution < -0.4 is 4.74 Å². The molecule has 64 valence electrons. The van der Waals surface area contributed by atoms with E-state index in [-0.39, 0.29) is 0 Å².